The Morgan fingerprint density at radius 1 is 1.48 bits per heavy atom. The second-order valence-corrected chi connectivity index (χ2v) is 5.17. The lowest BCUT2D eigenvalue weighted by Crippen LogP contribution is -2.56. The number of hydrogen-bond donors (Lipinski definition) is 0. The van der Waals surface area contributed by atoms with Gasteiger partial charge in [0, 0.05) is 12.2 Å². The molecule has 2 aliphatic rings. The van der Waals surface area contributed by atoms with Crippen molar-refractivity contribution in [1.82, 2.24) is 9.47 Å². The number of hydrogen-bond acceptors (Lipinski definition) is 4. The molecule has 0 aromatic carbocycles. The summed E-state index contributed by atoms with van der Waals surface area (Å²) >= 11 is 0. The Kier molecular flexibility index (Phi) is 3.18. The molecule has 21 heavy (non-hydrogen) atoms. The number of ether oxygens (including phenoxy) is 2. The highest BCUT2D eigenvalue weighted by Crippen LogP contribution is 2.30. The maximum Gasteiger partial charge on any atom is 0.276 e. The van der Waals surface area contributed by atoms with Crippen molar-refractivity contribution in [3.63, 3.8) is 0 Å². The number of carbonyl (C=O) groups excluding carboxylic acids is 1. The molecule has 110 valence electrons. The molecule has 0 spiro atoms. The lowest BCUT2D eigenvalue weighted by Gasteiger charge is -2.44. The Morgan fingerprint density at radius 3 is 2.90 bits per heavy atom. The van der Waals surface area contributed by atoms with Gasteiger partial charge in [-0.05, 0) is 13.3 Å². The van der Waals surface area contributed by atoms with Gasteiger partial charge in [-0.25, -0.2) is 4.85 Å². The van der Waals surface area contributed by atoms with Crippen LogP contribution in [0.5, 0.6) is 5.75 Å². The molecule has 1 aromatic heterocycles. The number of rotatable bonds is 1. The second kappa shape index (κ2) is 4.90. The maximum atomic E-state index is 12.7. The molecule has 7 nitrogen and oxygen atoms in total. The van der Waals surface area contributed by atoms with Crippen LogP contribution in [0.4, 0.5) is 5.69 Å². The number of methoxy groups -OCH3 is 1. The summed E-state index contributed by atoms with van der Waals surface area (Å²) in [6.45, 7) is 10.0. The van der Waals surface area contributed by atoms with Crippen LogP contribution in [0.3, 0.4) is 0 Å². The van der Waals surface area contributed by atoms with Crippen LogP contribution in [0, 0.1) is 6.57 Å². The van der Waals surface area contributed by atoms with Crippen molar-refractivity contribution in [1.29, 1.82) is 0 Å². The smallest absolute Gasteiger partial charge is 0.276 e. The van der Waals surface area contributed by atoms with Crippen molar-refractivity contribution in [3.8, 4) is 5.75 Å². The first kappa shape index (κ1) is 13.6. The predicted octanol–water partition coefficient (Wildman–Crippen LogP) is 0.998. The minimum Gasteiger partial charge on any atom is -0.492 e. The number of pyridine rings is 1. The SMILES string of the molecule is [C-]#[N+]c1cn2c(c(OC)c1=O)C(=O)N1[C@H](C)CCO[C@H]1C2. The molecule has 0 unspecified atom stereocenters. The summed E-state index contributed by atoms with van der Waals surface area (Å²) in [5, 5.41) is 0. The third-order valence-electron chi connectivity index (χ3n) is 3.96. The minimum atomic E-state index is -0.545. The Hall–Kier alpha value is -2.33. The van der Waals surface area contributed by atoms with Crippen LogP contribution in [0.25, 0.3) is 4.85 Å². The normalized spacial score (nSPS) is 24.0. The fourth-order valence-electron chi connectivity index (χ4n) is 2.90. The third-order valence-corrected chi connectivity index (χ3v) is 3.96. The molecule has 0 bridgehead atoms. The number of nitrogens with zero attached hydrogens (tertiary/aromatic N) is 3. The number of carbonyl (C=O) groups is 1. The molecule has 0 N–H and O–H groups in total. The van der Waals surface area contributed by atoms with Crippen molar-refractivity contribution in [2.75, 3.05) is 13.7 Å². The van der Waals surface area contributed by atoms with Gasteiger partial charge in [0.25, 0.3) is 11.6 Å². The quantitative estimate of drug-likeness (QED) is 0.723. The van der Waals surface area contributed by atoms with E-state index in [4.69, 9.17) is 16.0 Å². The lowest BCUT2D eigenvalue weighted by atomic mass is 10.1. The first-order valence-electron chi connectivity index (χ1n) is 6.71. The van der Waals surface area contributed by atoms with E-state index in [-0.39, 0.29) is 35.3 Å². The van der Waals surface area contributed by atoms with Crippen LogP contribution in [-0.2, 0) is 11.3 Å². The van der Waals surface area contributed by atoms with Gasteiger partial charge in [0.2, 0.25) is 5.43 Å². The van der Waals surface area contributed by atoms with E-state index in [9.17, 15) is 9.59 Å². The first-order valence-corrected chi connectivity index (χ1v) is 6.71. The van der Waals surface area contributed by atoms with E-state index in [1.54, 1.807) is 9.47 Å². The van der Waals surface area contributed by atoms with E-state index in [0.717, 1.165) is 6.42 Å². The van der Waals surface area contributed by atoms with Gasteiger partial charge in [-0.15, -0.1) is 0 Å². The molecule has 7 heteroatoms. The van der Waals surface area contributed by atoms with Crippen LogP contribution < -0.4 is 10.2 Å². The second-order valence-electron chi connectivity index (χ2n) is 5.17. The van der Waals surface area contributed by atoms with E-state index in [2.05, 4.69) is 4.85 Å². The van der Waals surface area contributed by atoms with Crippen molar-refractivity contribution < 1.29 is 14.3 Å². The van der Waals surface area contributed by atoms with Gasteiger partial charge in [0.05, 0.1) is 26.8 Å². The van der Waals surface area contributed by atoms with Crippen LogP contribution in [-0.4, -0.2) is 41.4 Å². The Labute approximate surface area is 121 Å². The average Bonchev–Trinajstić information content (AvgIpc) is 2.47. The number of aromatic nitrogens is 1. The first-order chi connectivity index (χ1) is 10.1. The van der Waals surface area contributed by atoms with Crippen LogP contribution in [0.15, 0.2) is 11.0 Å². The van der Waals surface area contributed by atoms with Crippen molar-refractivity contribution >= 4 is 11.6 Å². The van der Waals surface area contributed by atoms with E-state index < -0.39 is 5.43 Å². The molecule has 1 saturated heterocycles. The summed E-state index contributed by atoms with van der Waals surface area (Å²) in [7, 11) is 1.33. The van der Waals surface area contributed by atoms with Crippen molar-refractivity contribution in [3.05, 3.63) is 33.5 Å². The zero-order valence-electron chi connectivity index (χ0n) is 11.8. The monoisotopic (exact) mass is 289 g/mol. The summed E-state index contributed by atoms with van der Waals surface area (Å²) in [6, 6.07) is 0.0466. The minimum absolute atomic E-state index is 0.0466. The fourth-order valence-corrected chi connectivity index (χ4v) is 2.90. The highest BCUT2D eigenvalue weighted by molar-refractivity contribution is 5.96. The van der Waals surface area contributed by atoms with Crippen molar-refractivity contribution in [2.24, 2.45) is 0 Å². The van der Waals surface area contributed by atoms with Crippen LogP contribution in [0.1, 0.15) is 23.8 Å². The summed E-state index contributed by atoms with van der Waals surface area (Å²) in [5.41, 5.74) is -0.402. The van der Waals surface area contributed by atoms with Gasteiger partial charge in [-0.3, -0.25) is 9.59 Å². The van der Waals surface area contributed by atoms with E-state index in [1.165, 1.54) is 13.3 Å². The Balaban J connectivity index is 2.21. The van der Waals surface area contributed by atoms with E-state index in [0.29, 0.717) is 13.2 Å². The molecular formula is C14H15N3O4. The van der Waals surface area contributed by atoms with Crippen molar-refractivity contribution in [2.45, 2.75) is 32.2 Å². The molecule has 0 aliphatic carbocycles. The predicted molar refractivity (Wildman–Crippen MR) is 73.5 cm³/mol. The highest BCUT2D eigenvalue weighted by atomic mass is 16.5. The van der Waals surface area contributed by atoms with Gasteiger partial charge in [-0.1, -0.05) is 0 Å². The van der Waals surface area contributed by atoms with Gasteiger partial charge >= 0.3 is 0 Å². The zero-order valence-corrected chi connectivity index (χ0v) is 11.8. The summed E-state index contributed by atoms with van der Waals surface area (Å²) < 4.78 is 12.3. The number of fused-ring (bicyclic) bond motifs is 2. The van der Waals surface area contributed by atoms with E-state index in [1.807, 2.05) is 6.92 Å². The summed E-state index contributed by atoms with van der Waals surface area (Å²) in [6.07, 6.45) is 1.81. The topological polar surface area (TPSA) is 65.1 Å². The molecule has 1 amide bonds. The molecule has 3 heterocycles. The van der Waals surface area contributed by atoms with Crippen LogP contribution >= 0.6 is 0 Å². The van der Waals surface area contributed by atoms with Gasteiger partial charge in [0.1, 0.15) is 0 Å². The van der Waals surface area contributed by atoms with Gasteiger partial charge in [0.15, 0.2) is 17.7 Å². The van der Waals surface area contributed by atoms with Crippen LogP contribution in [0.2, 0.25) is 0 Å². The lowest BCUT2D eigenvalue weighted by molar-refractivity contribution is -0.112. The number of amides is 1. The Morgan fingerprint density at radius 2 is 2.24 bits per heavy atom. The molecular weight excluding hydrogens is 274 g/mol. The molecule has 1 fully saturated rings. The summed E-state index contributed by atoms with van der Waals surface area (Å²) in [5.74, 6) is -0.353. The van der Waals surface area contributed by atoms with E-state index >= 15 is 0 Å². The summed E-state index contributed by atoms with van der Waals surface area (Å²) in [4.78, 5) is 29.7. The van der Waals surface area contributed by atoms with Gasteiger partial charge in [-0.2, -0.15) is 0 Å². The Bertz CT molecular complexity index is 703. The third kappa shape index (κ3) is 1.91. The zero-order chi connectivity index (χ0) is 15.1. The molecule has 2 atom stereocenters. The molecule has 1 aromatic rings. The molecule has 0 saturated carbocycles. The standard InChI is InChI=1S/C14H15N3O4/c1-8-4-5-21-10-7-16-6-9(15-2)12(18)13(20-3)11(16)14(19)17(8)10/h6,8,10H,4-5,7H2,1,3H3/t8-,10+/m1/s1. The maximum absolute atomic E-state index is 12.7. The largest absolute Gasteiger partial charge is 0.492 e. The molecule has 0 radical (unpaired) electrons. The average molecular weight is 289 g/mol. The molecule has 2 aliphatic heterocycles. The fraction of sp³-hybridized carbons (Fsp3) is 0.500. The molecule has 3 rings (SSSR count). The van der Waals surface area contributed by atoms with Gasteiger partial charge < -0.3 is 18.9 Å². The highest BCUT2D eigenvalue weighted by Gasteiger charge is 2.40.